The van der Waals surface area contributed by atoms with Gasteiger partial charge in [0.15, 0.2) is 0 Å². The zero-order valence-corrected chi connectivity index (χ0v) is 17.4. The van der Waals surface area contributed by atoms with Gasteiger partial charge in [0.1, 0.15) is 5.76 Å². The van der Waals surface area contributed by atoms with Crippen molar-refractivity contribution in [2.75, 3.05) is 11.9 Å². The molecule has 0 radical (unpaired) electrons. The molecule has 0 unspecified atom stereocenters. The van der Waals surface area contributed by atoms with Gasteiger partial charge in [0, 0.05) is 29.7 Å². The average Bonchev–Trinajstić information content (AvgIpc) is 3.23. The Balaban J connectivity index is 1.52. The maximum atomic E-state index is 12.8. The van der Waals surface area contributed by atoms with Gasteiger partial charge in [0.25, 0.3) is 0 Å². The average molecular weight is 456 g/mol. The van der Waals surface area contributed by atoms with Crippen molar-refractivity contribution in [2.24, 2.45) is 0 Å². The van der Waals surface area contributed by atoms with Gasteiger partial charge in [0.2, 0.25) is 5.91 Å². The molecule has 2 aromatic carbocycles. The number of hydrogen-bond acceptors (Lipinski definition) is 3. The summed E-state index contributed by atoms with van der Waals surface area (Å²) >= 11 is 3.35. The molecular formula is C22H22BrN3O3. The third-order valence-electron chi connectivity index (χ3n) is 4.22. The van der Waals surface area contributed by atoms with Crippen LogP contribution in [0.15, 0.2) is 81.9 Å². The number of furan rings is 1. The summed E-state index contributed by atoms with van der Waals surface area (Å²) in [5.41, 5.74) is 1.72. The smallest absolute Gasteiger partial charge is 0.319 e. The fourth-order valence-corrected chi connectivity index (χ4v) is 3.04. The quantitative estimate of drug-likeness (QED) is 0.512. The van der Waals surface area contributed by atoms with E-state index >= 15 is 0 Å². The highest BCUT2D eigenvalue weighted by atomic mass is 79.9. The first-order chi connectivity index (χ1) is 14.1. The highest BCUT2D eigenvalue weighted by molar-refractivity contribution is 9.10. The minimum atomic E-state index is -0.347. The Morgan fingerprint density at radius 2 is 1.69 bits per heavy atom. The Hall–Kier alpha value is -3.06. The molecule has 29 heavy (non-hydrogen) atoms. The lowest BCUT2D eigenvalue weighted by Gasteiger charge is -2.22. The van der Waals surface area contributed by atoms with E-state index in [9.17, 15) is 9.59 Å². The van der Waals surface area contributed by atoms with Crippen molar-refractivity contribution in [1.82, 2.24) is 10.2 Å². The number of halogens is 1. The summed E-state index contributed by atoms with van der Waals surface area (Å²) in [5, 5.41) is 5.46. The molecular weight excluding hydrogens is 434 g/mol. The van der Waals surface area contributed by atoms with E-state index in [1.807, 2.05) is 48.5 Å². The molecule has 1 aromatic heterocycles. The Morgan fingerprint density at radius 3 is 2.38 bits per heavy atom. The van der Waals surface area contributed by atoms with Crippen molar-refractivity contribution in [3.63, 3.8) is 0 Å². The summed E-state index contributed by atoms with van der Waals surface area (Å²) < 4.78 is 6.33. The van der Waals surface area contributed by atoms with Gasteiger partial charge in [-0.15, -0.1) is 0 Å². The molecule has 0 saturated heterocycles. The summed E-state index contributed by atoms with van der Waals surface area (Å²) in [4.78, 5) is 26.5. The van der Waals surface area contributed by atoms with Crippen molar-refractivity contribution in [1.29, 1.82) is 0 Å². The fraction of sp³-hybridized carbons (Fsp3) is 0.182. The number of amides is 3. The molecule has 3 amide bonds. The number of rotatable bonds is 8. The molecule has 2 N–H and O–H groups in total. The predicted molar refractivity (Wildman–Crippen MR) is 115 cm³/mol. The van der Waals surface area contributed by atoms with Crippen LogP contribution >= 0.6 is 15.9 Å². The van der Waals surface area contributed by atoms with Crippen LogP contribution in [0.5, 0.6) is 0 Å². The van der Waals surface area contributed by atoms with Crippen molar-refractivity contribution in [3.8, 4) is 0 Å². The number of nitrogens with one attached hydrogen (secondary N) is 2. The van der Waals surface area contributed by atoms with Gasteiger partial charge in [-0.2, -0.15) is 0 Å². The van der Waals surface area contributed by atoms with E-state index in [4.69, 9.17) is 4.42 Å². The first-order valence-electron chi connectivity index (χ1n) is 9.24. The standard InChI is InChI=1S/C22H22BrN3O3/c23-18-8-10-19(11-9-18)25-22(28)24-13-12-21(27)26(16-20-7-4-14-29-20)15-17-5-2-1-3-6-17/h1-11,14H,12-13,15-16H2,(H2,24,25,28). The lowest BCUT2D eigenvalue weighted by molar-refractivity contribution is -0.132. The first-order valence-corrected chi connectivity index (χ1v) is 10.0. The topological polar surface area (TPSA) is 74.6 Å². The third kappa shape index (κ3) is 6.80. The van der Waals surface area contributed by atoms with Crippen molar-refractivity contribution in [3.05, 3.63) is 88.8 Å². The van der Waals surface area contributed by atoms with Crippen molar-refractivity contribution >= 4 is 33.6 Å². The minimum Gasteiger partial charge on any atom is -0.467 e. The summed E-state index contributed by atoms with van der Waals surface area (Å²) in [6, 6.07) is 20.3. The molecule has 7 heteroatoms. The minimum absolute atomic E-state index is 0.0609. The fourth-order valence-electron chi connectivity index (χ4n) is 2.78. The summed E-state index contributed by atoms with van der Waals surface area (Å²) in [6.07, 6.45) is 1.79. The molecule has 6 nitrogen and oxygen atoms in total. The second kappa shape index (κ2) is 10.5. The number of anilines is 1. The number of nitrogens with zero attached hydrogens (tertiary/aromatic N) is 1. The zero-order chi connectivity index (χ0) is 20.5. The Kier molecular flexibility index (Phi) is 7.47. The van der Waals surface area contributed by atoms with Crippen LogP contribution in [0, 0.1) is 0 Å². The number of carbonyl (C=O) groups excluding carboxylic acids is 2. The SMILES string of the molecule is O=C(NCCC(=O)N(Cc1ccccc1)Cc1ccco1)Nc1ccc(Br)cc1. The summed E-state index contributed by atoms with van der Waals surface area (Å²) in [6.45, 7) is 1.10. The van der Waals surface area contributed by atoms with E-state index in [2.05, 4.69) is 26.6 Å². The molecule has 3 aromatic rings. The van der Waals surface area contributed by atoms with Gasteiger partial charge < -0.3 is 20.0 Å². The predicted octanol–water partition coefficient (Wildman–Crippen LogP) is 4.78. The van der Waals surface area contributed by atoms with Crippen LogP contribution in [-0.2, 0) is 17.9 Å². The van der Waals surface area contributed by atoms with Crippen LogP contribution in [0.25, 0.3) is 0 Å². The van der Waals surface area contributed by atoms with E-state index in [-0.39, 0.29) is 24.9 Å². The third-order valence-corrected chi connectivity index (χ3v) is 4.75. The Labute approximate surface area is 178 Å². The van der Waals surface area contributed by atoms with Gasteiger partial charge in [-0.05, 0) is 42.0 Å². The lowest BCUT2D eigenvalue weighted by Crippen LogP contribution is -2.35. The summed E-state index contributed by atoms with van der Waals surface area (Å²) in [7, 11) is 0. The Morgan fingerprint density at radius 1 is 0.931 bits per heavy atom. The van der Waals surface area contributed by atoms with Gasteiger partial charge in [-0.1, -0.05) is 46.3 Å². The van der Waals surface area contributed by atoms with Gasteiger partial charge in [0.05, 0.1) is 12.8 Å². The van der Waals surface area contributed by atoms with E-state index < -0.39 is 0 Å². The number of hydrogen-bond donors (Lipinski definition) is 2. The number of urea groups is 1. The van der Waals surface area contributed by atoms with E-state index in [0.717, 1.165) is 15.8 Å². The van der Waals surface area contributed by atoms with Crippen LogP contribution in [0.2, 0.25) is 0 Å². The van der Waals surface area contributed by atoms with E-state index in [0.29, 0.717) is 18.8 Å². The molecule has 0 saturated carbocycles. The highest BCUT2D eigenvalue weighted by Crippen LogP contribution is 2.14. The van der Waals surface area contributed by atoms with Crippen LogP contribution in [0.3, 0.4) is 0 Å². The highest BCUT2D eigenvalue weighted by Gasteiger charge is 2.16. The molecule has 0 aliphatic carbocycles. The lowest BCUT2D eigenvalue weighted by atomic mass is 10.2. The molecule has 3 rings (SSSR count). The normalized spacial score (nSPS) is 10.4. The van der Waals surface area contributed by atoms with Crippen LogP contribution in [-0.4, -0.2) is 23.4 Å². The Bertz CT molecular complexity index is 912. The molecule has 0 atom stereocenters. The number of benzene rings is 2. The van der Waals surface area contributed by atoms with Crippen molar-refractivity contribution < 1.29 is 14.0 Å². The van der Waals surface area contributed by atoms with Crippen LogP contribution < -0.4 is 10.6 Å². The molecule has 0 bridgehead atoms. The molecule has 0 aliphatic heterocycles. The maximum Gasteiger partial charge on any atom is 0.319 e. The second-order valence-corrected chi connectivity index (χ2v) is 7.37. The maximum absolute atomic E-state index is 12.8. The summed E-state index contributed by atoms with van der Waals surface area (Å²) in [5.74, 6) is 0.657. The molecule has 0 fully saturated rings. The first kappa shape index (κ1) is 20.7. The molecule has 1 heterocycles. The van der Waals surface area contributed by atoms with Crippen LogP contribution in [0.1, 0.15) is 17.7 Å². The monoisotopic (exact) mass is 455 g/mol. The van der Waals surface area contributed by atoms with Crippen molar-refractivity contribution in [2.45, 2.75) is 19.5 Å². The van der Waals surface area contributed by atoms with Gasteiger partial charge in [-0.3, -0.25) is 4.79 Å². The molecule has 0 spiro atoms. The van der Waals surface area contributed by atoms with Crippen LogP contribution in [0.4, 0.5) is 10.5 Å². The van der Waals surface area contributed by atoms with Gasteiger partial charge >= 0.3 is 6.03 Å². The van der Waals surface area contributed by atoms with Gasteiger partial charge in [-0.25, -0.2) is 4.79 Å². The second-order valence-electron chi connectivity index (χ2n) is 6.45. The molecule has 150 valence electrons. The van der Waals surface area contributed by atoms with E-state index in [1.54, 1.807) is 29.4 Å². The zero-order valence-electron chi connectivity index (χ0n) is 15.8. The largest absolute Gasteiger partial charge is 0.467 e. The number of carbonyl (C=O) groups is 2. The molecule has 0 aliphatic rings. The van der Waals surface area contributed by atoms with E-state index in [1.165, 1.54) is 0 Å².